The number of aromatic amines is 1. The topological polar surface area (TPSA) is 40.7 Å². The van der Waals surface area contributed by atoms with Gasteiger partial charge in [-0.1, -0.05) is 19.8 Å². The quantitative estimate of drug-likeness (QED) is 0.731. The van der Waals surface area contributed by atoms with E-state index in [0.717, 1.165) is 12.2 Å². The zero-order valence-corrected chi connectivity index (χ0v) is 9.43. The number of nitrogens with one attached hydrogen (secondary N) is 2. The molecule has 1 atom stereocenters. The van der Waals surface area contributed by atoms with E-state index < -0.39 is 0 Å². The van der Waals surface area contributed by atoms with Gasteiger partial charge in [0.05, 0.1) is 12.0 Å². The minimum absolute atomic E-state index is 0.589. The molecular weight excluding hydrogens is 174 g/mol. The Morgan fingerprint density at radius 3 is 2.93 bits per heavy atom. The Labute approximate surface area is 86.3 Å². The minimum Gasteiger partial charge on any atom is -0.348 e. The number of imidazole rings is 1. The molecule has 0 aliphatic carbocycles. The summed E-state index contributed by atoms with van der Waals surface area (Å²) in [6.45, 7) is 7.39. The molecule has 0 aliphatic heterocycles. The first-order valence-electron chi connectivity index (χ1n) is 5.46. The lowest BCUT2D eigenvalue weighted by molar-refractivity contribution is 0.491. The van der Waals surface area contributed by atoms with Crippen LogP contribution in [0.25, 0.3) is 0 Å². The van der Waals surface area contributed by atoms with Crippen molar-refractivity contribution in [1.82, 2.24) is 15.3 Å². The molecule has 1 aromatic heterocycles. The standard InChI is InChI=1S/C11H21N3/c1-4-5-6-9(2)12-7-11-10(3)13-8-14-11/h8-9,12H,4-7H2,1-3H3,(H,13,14). The maximum atomic E-state index is 4.25. The largest absolute Gasteiger partial charge is 0.348 e. The van der Waals surface area contributed by atoms with Crippen LogP contribution < -0.4 is 5.32 Å². The van der Waals surface area contributed by atoms with Crippen LogP contribution in [0.3, 0.4) is 0 Å². The van der Waals surface area contributed by atoms with Crippen LogP contribution in [0.4, 0.5) is 0 Å². The normalized spacial score (nSPS) is 13.1. The number of hydrogen-bond donors (Lipinski definition) is 2. The molecule has 0 bridgehead atoms. The van der Waals surface area contributed by atoms with Crippen molar-refractivity contribution in [3.63, 3.8) is 0 Å². The van der Waals surface area contributed by atoms with Crippen LogP contribution in [-0.4, -0.2) is 16.0 Å². The smallest absolute Gasteiger partial charge is 0.0925 e. The third kappa shape index (κ3) is 3.50. The number of rotatable bonds is 6. The SMILES string of the molecule is CCCCC(C)NCc1nc[nH]c1C. The van der Waals surface area contributed by atoms with E-state index in [1.165, 1.54) is 25.0 Å². The molecule has 3 nitrogen and oxygen atoms in total. The highest BCUT2D eigenvalue weighted by Crippen LogP contribution is 2.03. The van der Waals surface area contributed by atoms with Gasteiger partial charge in [0.15, 0.2) is 0 Å². The van der Waals surface area contributed by atoms with Gasteiger partial charge >= 0.3 is 0 Å². The molecule has 80 valence electrons. The van der Waals surface area contributed by atoms with Gasteiger partial charge in [-0.15, -0.1) is 0 Å². The first-order valence-corrected chi connectivity index (χ1v) is 5.46. The molecule has 1 unspecified atom stereocenters. The van der Waals surface area contributed by atoms with Crippen molar-refractivity contribution in [2.75, 3.05) is 0 Å². The number of H-pyrrole nitrogens is 1. The number of aromatic nitrogens is 2. The Balaban J connectivity index is 2.23. The van der Waals surface area contributed by atoms with Gasteiger partial charge in [0.25, 0.3) is 0 Å². The van der Waals surface area contributed by atoms with Crippen LogP contribution >= 0.6 is 0 Å². The second-order valence-electron chi connectivity index (χ2n) is 3.90. The summed E-state index contributed by atoms with van der Waals surface area (Å²) in [6, 6.07) is 0.589. The van der Waals surface area contributed by atoms with Crippen LogP contribution in [0.15, 0.2) is 6.33 Å². The Bertz CT molecular complexity index is 255. The summed E-state index contributed by atoms with van der Waals surface area (Å²) >= 11 is 0. The maximum absolute atomic E-state index is 4.25. The summed E-state index contributed by atoms with van der Waals surface area (Å²) in [4.78, 5) is 7.33. The minimum atomic E-state index is 0.589. The number of aryl methyl sites for hydroxylation is 1. The van der Waals surface area contributed by atoms with Crippen molar-refractivity contribution in [2.45, 2.75) is 52.6 Å². The molecule has 3 heteroatoms. The highest BCUT2D eigenvalue weighted by molar-refractivity contribution is 5.08. The number of hydrogen-bond acceptors (Lipinski definition) is 2. The van der Waals surface area contributed by atoms with Crippen molar-refractivity contribution in [1.29, 1.82) is 0 Å². The van der Waals surface area contributed by atoms with Gasteiger partial charge in [0.1, 0.15) is 0 Å². The fourth-order valence-corrected chi connectivity index (χ4v) is 1.45. The fourth-order valence-electron chi connectivity index (χ4n) is 1.45. The molecule has 1 heterocycles. The van der Waals surface area contributed by atoms with E-state index in [1.807, 2.05) is 0 Å². The number of nitrogens with zero attached hydrogens (tertiary/aromatic N) is 1. The summed E-state index contributed by atoms with van der Waals surface area (Å²) in [6.07, 6.45) is 5.57. The van der Waals surface area contributed by atoms with E-state index in [2.05, 4.69) is 36.1 Å². The second kappa shape index (κ2) is 5.81. The third-order valence-electron chi connectivity index (χ3n) is 2.54. The van der Waals surface area contributed by atoms with E-state index in [1.54, 1.807) is 6.33 Å². The molecule has 0 amide bonds. The highest BCUT2D eigenvalue weighted by atomic mass is 15.0. The molecule has 0 fully saturated rings. The summed E-state index contributed by atoms with van der Waals surface area (Å²) < 4.78 is 0. The van der Waals surface area contributed by atoms with Crippen molar-refractivity contribution >= 4 is 0 Å². The Kier molecular flexibility index (Phi) is 4.66. The molecular formula is C11H21N3. The van der Waals surface area contributed by atoms with Gasteiger partial charge in [-0.3, -0.25) is 0 Å². The molecule has 0 saturated heterocycles. The second-order valence-corrected chi connectivity index (χ2v) is 3.90. The Morgan fingerprint density at radius 1 is 1.57 bits per heavy atom. The molecule has 14 heavy (non-hydrogen) atoms. The molecule has 1 aromatic rings. The van der Waals surface area contributed by atoms with Crippen LogP contribution in [0.2, 0.25) is 0 Å². The summed E-state index contributed by atoms with van der Waals surface area (Å²) in [5.41, 5.74) is 2.30. The molecule has 0 spiro atoms. The highest BCUT2D eigenvalue weighted by Gasteiger charge is 2.03. The van der Waals surface area contributed by atoms with Crippen LogP contribution in [0, 0.1) is 6.92 Å². The molecule has 0 aromatic carbocycles. The lowest BCUT2D eigenvalue weighted by Crippen LogP contribution is -2.25. The molecule has 2 N–H and O–H groups in total. The third-order valence-corrected chi connectivity index (χ3v) is 2.54. The van der Waals surface area contributed by atoms with Gasteiger partial charge in [-0.25, -0.2) is 4.98 Å². The zero-order valence-electron chi connectivity index (χ0n) is 9.43. The van der Waals surface area contributed by atoms with Crippen LogP contribution in [-0.2, 0) is 6.54 Å². The number of unbranched alkanes of at least 4 members (excludes halogenated alkanes) is 1. The first-order chi connectivity index (χ1) is 6.74. The summed E-state index contributed by atoms with van der Waals surface area (Å²) in [5.74, 6) is 0. The Hall–Kier alpha value is -0.830. The lowest BCUT2D eigenvalue weighted by Gasteiger charge is -2.12. The predicted octanol–water partition coefficient (Wildman–Crippen LogP) is 2.39. The van der Waals surface area contributed by atoms with E-state index in [4.69, 9.17) is 0 Å². The van der Waals surface area contributed by atoms with Crippen molar-refractivity contribution in [3.05, 3.63) is 17.7 Å². The molecule has 0 aliphatic rings. The average Bonchev–Trinajstić information content (AvgIpc) is 2.58. The van der Waals surface area contributed by atoms with Crippen molar-refractivity contribution in [2.24, 2.45) is 0 Å². The van der Waals surface area contributed by atoms with E-state index in [0.29, 0.717) is 6.04 Å². The van der Waals surface area contributed by atoms with Gasteiger partial charge in [0.2, 0.25) is 0 Å². The van der Waals surface area contributed by atoms with Crippen LogP contribution in [0.1, 0.15) is 44.5 Å². The summed E-state index contributed by atoms with van der Waals surface area (Å²) in [5, 5.41) is 3.48. The lowest BCUT2D eigenvalue weighted by atomic mass is 10.1. The van der Waals surface area contributed by atoms with E-state index in [-0.39, 0.29) is 0 Å². The molecule has 0 saturated carbocycles. The fraction of sp³-hybridized carbons (Fsp3) is 0.727. The van der Waals surface area contributed by atoms with Gasteiger partial charge in [0, 0.05) is 18.3 Å². The van der Waals surface area contributed by atoms with Gasteiger partial charge in [-0.2, -0.15) is 0 Å². The molecule has 0 radical (unpaired) electrons. The van der Waals surface area contributed by atoms with E-state index >= 15 is 0 Å². The van der Waals surface area contributed by atoms with Crippen LogP contribution in [0.5, 0.6) is 0 Å². The van der Waals surface area contributed by atoms with E-state index in [9.17, 15) is 0 Å². The zero-order chi connectivity index (χ0) is 10.4. The monoisotopic (exact) mass is 195 g/mol. The predicted molar refractivity (Wildman–Crippen MR) is 59.2 cm³/mol. The maximum Gasteiger partial charge on any atom is 0.0925 e. The Morgan fingerprint density at radius 2 is 2.36 bits per heavy atom. The molecule has 1 rings (SSSR count). The van der Waals surface area contributed by atoms with Crippen molar-refractivity contribution < 1.29 is 0 Å². The average molecular weight is 195 g/mol. The van der Waals surface area contributed by atoms with Gasteiger partial charge < -0.3 is 10.3 Å². The first kappa shape index (κ1) is 11.2. The van der Waals surface area contributed by atoms with Gasteiger partial charge in [-0.05, 0) is 20.3 Å². The summed E-state index contributed by atoms with van der Waals surface area (Å²) in [7, 11) is 0. The van der Waals surface area contributed by atoms with Crippen molar-refractivity contribution in [3.8, 4) is 0 Å².